The summed E-state index contributed by atoms with van der Waals surface area (Å²) in [5.74, 6) is 0.374. The monoisotopic (exact) mass is 384 g/mol. The SMILES string of the molecule is CCCCCCCCCCCC[Se]CCCc1ccc(O)cc1. The van der Waals surface area contributed by atoms with Crippen LogP contribution in [0, 0.1) is 0 Å². The van der Waals surface area contributed by atoms with Gasteiger partial charge < -0.3 is 0 Å². The van der Waals surface area contributed by atoms with Crippen molar-refractivity contribution in [2.24, 2.45) is 0 Å². The van der Waals surface area contributed by atoms with Gasteiger partial charge in [-0.15, -0.1) is 0 Å². The van der Waals surface area contributed by atoms with E-state index in [-0.39, 0.29) is 0 Å². The Balaban J connectivity index is 1.77. The predicted molar refractivity (Wildman–Crippen MR) is 104 cm³/mol. The van der Waals surface area contributed by atoms with Gasteiger partial charge in [0.05, 0.1) is 0 Å². The molecule has 0 aliphatic rings. The van der Waals surface area contributed by atoms with Crippen molar-refractivity contribution < 1.29 is 5.11 Å². The van der Waals surface area contributed by atoms with Gasteiger partial charge in [-0.3, -0.25) is 0 Å². The van der Waals surface area contributed by atoms with Crippen molar-refractivity contribution >= 4 is 15.0 Å². The number of phenols is 1. The molecule has 0 aliphatic carbocycles. The van der Waals surface area contributed by atoms with Gasteiger partial charge in [-0.25, -0.2) is 0 Å². The molecule has 1 N–H and O–H groups in total. The zero-order valence-corrected chi connectivity index (χ0v) is 16.8. The maximum atomic E-state index is 9.25. The number of aromatic hydroxyl groups is 1. The van der Waals surface area contributed by atoms with Crippen LogP contribution in [0.15, 0.2) is 24.3 Å². The number of benzene rings is 1. The Labute approximate surface area is 150 Å². The van der Waals surface area contributed by atoms with E-state index in [9.17, 15) is 5.11 Å². The molecule has 0 aliphatic heterocycles. The summed E-state index contributed by atoms with van der Waals surface area (Å²) in [4.78, 5) is 0. The normalized spacial score (nSPS) is 11.0. The van der Waals surface area contributed by atoms with E-state index in [2.05, 4.69) is 6.92 Å². The van der Waals surface area contributed by atoms with Gasteiger partial charge in [0.2, 0.25) is 0 Å². The molecular weight excluding hydrogens is 347 g/mol. The Kier molecular flexibility index (Phi) is 13.5. The third kappa shape index (κ3) is 12.6. The first-order valence-electron chi connectivity index (χ1n) is 9.68. The van der Waals surface area contributed by atoms with Gasteiger partial charge in [0.25, 0.3) is 0 Å². The molecule has 0 amide bonds. The Morgan fingerprint density at radius 3 is 1.83 bits per heavy atom. The summed E-state index contributed by atoms with van der Waals surface area (Å²) in [6, 6.07) is 7.68. The van der Waals surface area contributed by atoms with Gasteiger partial charge >= 0.3 is 150 Å². The van der Waals surface area contributed by atoms with Crippen LogP contribution in [-0.2, 0) is 6.42 Å². The molecule has 132 valence electrons. The first kappa shape index (κ1) is 20.6. The fourth-order valence-corrected chi connectivity index (χ4v) is 4.85. The molecule has 1 nitrogen and oxygen atoms in total. The van der Waals surface area contributed by atoms with E-state index in [1.165, 1.54) is 93.3 Å². The number of rotatable bonds is 15. The molecule has 1 rings (SSSR count). The van der Waals surface area contributed by atoms with Crippen LogP contribution in [-0.4, -0.2) is 20.1 Å². The zero-order valence-electron chi connectivity index (χ0n) is 15.1. The molecule has 0 saturated heterocycles. The van der Waals surface area contributed by atoms with E-state index in [0.29, 0.717) is 5.75 Å². The van der Waals surface area contributed by atoms with Crippen LogP contribution in [0.2, 0.25) is 10.6 Å². The van der Waals surface area contributed by atoms with Gasteiger partial charge in [-0.1, -0.05) is 0 Å². The summed E-state index contributed by atoms with van der Waals surface area (Å²) in [5, 5.41) is 12.1. The Hall–Kier alpha value is -0.461. The summed E-state index contributed by atoms with van der Waals surface area (Å²) < 4.78 is 0. The third-order valence-electron chi connectivity index (χ3n) is 4.33. The van der Waals surface area contributed by atoms with Gasteiger partial charge in [0, 0.05) is 0 Å². The molecule has 0 aromatic heterocycles. The first-order chi connectivity index (χ1) is 11.3. The van der Waals surface area contributed by atoms with Crippen molar-refractivity contribution in [3.05, 3.63) is 29.8 Å². The van der Waals surface area contributed by atoms with E-state index in [4.69, 9.17) is 0 Å². The minimum atomic E-state index is 0.374. The maximum absolute atomic E-state index is 9.25. The summed E-state index contributed by atoms with van der Waals surface area (Å²) >= 11 is 0.844. The molecule has 0 atom stereocenters. The quantitative estimate of drug-likeness (QED) is 0.261. The topological polar surface area (TPSA) is 20.2 Å². The van der Waals surface area contributed by atoms with Crippen LogP contribution in [0.25, 0.3) is 0 Å². The number of unbranched alkanes of at least 4 members (excludes halogenated alkanes) is 9. The summed E-state index contributed by atoms with van der Waals surface area (Å²) in [5.41, 5.74) is 1.36. The van der Waals surface area contributed by atoms with Gasteiger partial charge in [0.15, 0.2) is 0 Å². The van der Waals surface area contributed by atoms with Crippen molar-refractivity contribution in [3.63, 3.8) is 0 Å². The van der Waals surface area contributed by atoms with Crippen LogP contribution >= 0.6 is 0 Å². The summed E-state index contributed by atoms with van der Waals surface area (Å²) in [6.45, 7) is 2.29. The van der Waals surface area contributed by atoms with E-state index >= 15 is 0 Å². The van der Waals surface area contributed by atoms with Crippen LogP contribution in [0.4, 0.5) is 0 Å². The Morgan fingerprint density at radius 2 is 1.22 bits per heavy atom. The molecule has 0 unspecified atom stereocenters. The molecule has 0 saturated carbocycles. The first-order valence-corrected chi connectivity index (χ1v) is 12.1. The molecule has 0 bridgehead atoms. The summed E-state index contributed by atoms with van der Waals surface area (Å²) in [7, 11) is 0. The summed E-state index contributed by atoms with van der Waals surface area (Å²) in [6.07, 6.45) is 16.9. The second kappa shape index (κ2) is 15.1. The fourth-order valence-electron chi connectivity index (χ4n) is 2.83. The predicted octanol–water partition coefficient (Wildman–Crippen LogP) is 6.79. The Morgan fingerprint density at radius 1 is 0.696 bits per heavy atom. The standard InChI is InChI=1S/C21H36OSe/c1-2-3-4-5-6-7-8-9-10-11-18-23-19-12-13-20-14-16-21(22)17-15-20/h14-17,22H,2-13,18-19H2,1H3. The Bertz CT molecular complexity index is 361. The molecule has 23 heavy (non-hydrogen) atoms. The average molecular weight is 383 g/mol. The molecule has 0 heterocycles. The molecule has 0 fully saturated rings. The van der Waals surface area contributed by atoms with Crippen LogP contribution in [0.5, 0.6) is 5.75 Å². The number of hydrogen-bond acceptors (Lipinski definition) is 1. The number of phenolic OH excluding ortho intramolecular Hbond substituents is 1. The van der Waals surface area contributed by atoms with Crippen molar-refractivity contribution in [1.29, 1.82) is 0 Å². The molecule has 1 aromatic carbocycles. The zero-order chi connectivity index (χ0) is 16.6. The van der Waals surface area contributed by atoms with Crippen LogP contribution in [0.3, 0.4) is 0 Å². The van der Waals surface area contributed by atoms with Gasteiger partial charge in [-0.2, -0.15) is 0 Å². The average Bonchev–Trinajstić information content (AvgIpc) is 2.57. The second-order valence-corrected chi connectivity index (χ2v) is 9.13. The van der Waals surface area contributed by atoms with Crippen molar-refractivity contribution in [3.8, 4) is 5.75 Å². The molecule has 2 heteroatoms. The fraction of sp³-hybridized carbons (Fsp3) is 0.714. The van der Waals surface area contributed by atoms with Gasteiger partial charge in [-0.05, 0) is 0 Å². The number of hydrogen-bond donors (Lipinski definition) is 1. The molecule has 0 radical (unpaired) electrons. The molecular formula is C21H36OSe. The minimum absolute atomic E-state index is 0.374. The van der Waals surface area contributed by atoms with E-state index in [1.54, 1.807) is 12.1 Å². The second-order valence-electron chi connectivity index (χ2n) is 6.56. The van der Waals surface area contributed by atoms with Crippen molar-refractivity contribution in [2.75, 3.05) is 0 Å². The van der Waals surface area contributed by atoms with Crippen molar-refractivity contribution in [2.45, 2.75) is 94.6 Å². The van der Waals surface area contributed by atoms with E-state index in [0.717, 1.165) is 15.0 Å². The van der Waals surface area contributed by atoms with Crippen molar-refractivity contribution in [1.82, 2.24) is 0 Å². The number of aryl methyl sites for hydroxylation is 1. The third-order valence-corrected chi connectivity index (χ3v) is 6.76. The van der Waals surface area contributed by atoms with E-state index < -0.39 is 0 Å². The van der Waals surface area contributed by atoms with E-state index in [1.807, 2.05) is 12.1 Å². The molecule has 0 spiro atoms. The van der Waals surface area contributed by atoms with Crippen LogP contribution in [0.1, 0.15) is 83.1 Å². The molecule has 1 aromatic rings. The van der Waals surface area contributed by atoms with Crippen LogP contribution < -0.4 is 0 Å². The van der Waals surface area contributed by atoms with Gasteiger partial charge in [0.1, 0.15) is 0 Å².